The average molecular weight is 203 g/mol. The van der Waals surface area contributed by atoms with Gasteiger partial charge in [0.2, 0.25) is 0 Å². The summed E-state index contributed by atoms with van der Waals surface area (Å²) in [7, 11) is 0. The Labute approximate surface area is 87.5 Å². The summed E-state index contributed by atoms with van der Waals surface area (Å²) in [5, 5.41) is 20.4. The third-order valence-electron chi connectivity index (χ3n) is 2.27. The fraction of sp³-hybridized carbons (Fsp3) is 1.00. The zero-order chi connectivity index (χ0) is 10.5. The molecule has 0 saturated carbocycles. The van der Waals surface area contributed by atoms with Crippen molar-refractivity contribution in [1.29, 1.82) is 0 Å². The third-order valence-corrected chi connectivity index (χ3v) is 2.27. The van der Waals surface area contributed by atoms with Crippen molar-refractivity contribution in [2.45, 2.75) is 44.9 Å². The lowest BCUT2D eigenvalue weighted by Crippen LogP contribution is -2.16. The van der Waals surface area contributed by atoms with Crippen molar-refractivity contribution in [2.75, 3.05) is 26.3 Å². The fourth-order valence-electron chi connectivity index (χ4n) is 1.38. The fourth-order valence-corrected chi connectivity index (χ4v) is 1.38. The Hall–Kier alpha value is -0.120. The van der Waals surface area contributed by atoms with Gasteiger partial charge in [0, 0.05) is 13.2 Å². The number of aliphatic hydroxyl groups is 2. The van der Waals surface area contributed by atoms with Gasteiger partial charge in [-0.25, -0.2) is 0 Å². The van der Waals surface area contributed by atoms with Crippen LogP contribution in [-0.4, -0.2) is 36.5 Å². The molecule has 3 N–H and O–H groups in total. The van der Waals surface area contributed by atoms with Crippen LogP contribution in [0.25, 0.3) is 0 Å². The minimum absolute atomic E-state index is 0.308. The highest BCUT2D eigenvalue weighted by Gasteiger charge is 1.90. The Kier molecular flexibility index (Phi) is 12.8. The van der Waals surface area contributed by atoms with Gasteiger partial charge in [-0.1, -0.05) is 19.3 Å². The first-order chi connectivity index (χ1) is 6.91. The molecule has 86 valence electrons. The molecule has 0 aliphatic carbocycles. The molecule has 0 amide bonds. The predicted octanol–water partition coefficient (Wildman–Crippen LogP) is 1.29. The number of rotatable bonds is 11. The first kappa shape index (κ1) is 13.9. The number of hydrogen-bond acceptors (Lipinski definition) is 3. The van der Waals surface area contributed by atoms with E-state index in [1.807, 2.05) is 0 Å². The maximum Gasteiger partial charge on any atom is 0.0431 e. The zero-order valence-corrected chi connectivity index (χ0v) is 9.17. The Balaban J connectivity index is 2.78. The van der Waals surface area contributed by atoms with Crippen LogP contribution in [-0.2, 0) is 0 Å². The molecule has 0 aromatic rings. The molecule has 0 saturated heterocycles. The summed E-state index contributed by atoms with van der Waals surface area (Å²) in [5.74, 6) is 0. The van der Waals surface area contributed by atoms with Gasteiger partial charge >= 0.3 is 0 Å². The molecule has 0 fully saturated rings. The molecular formula is C11H25NO2. The Bertz CT molecular complexity index is 87.3. The lowest BCUT2D eigenvalue weighted by atomic mass is 10.1. The van der Waals surface area contributed by atoms with E-state index in [1.165, 1.54) is 19.3 Å². The second-order valence-corrected chi connectivity index (χ2v) is 3.67. The Morgan fingerprint density at radius 3 is 1.64 bits per heavy atom. The molecule has 0 aliphatic rings. The van der Waals surface area contributed by atoms with Crippen molar-refractivity contribution in [3.05, 3.63) is 0 Å². The first-order valence-electron chi connectivity index (χ1n) is 5.84. The van der Waals surface area contributed by atoms with Gasteiger partial charge in [0.05, 0.1) is 0 Å². The van der Waals surface area contributed by atoms with Crippen molar-refractivity contribution in [3.63, 3.8) is 0 Å². The maximum absolute atomic E-state index is 8.56. The van der Waals surface area contributed by atoms with Crippen LogP contribution in [0.4, 0.5) is 0 Å². The van der Waals surface area contributed by atoms with Gasteiger partial charge in [-0.15, -0.1) is 0 Å². The van der Waals surface area contributed by atoms with E-state index in [2.05, 4.69) is 5.32 Å². The van der Waals surface area contributed by atoms with Gasteiger partial charge in [0.15, 0.2) is 0 Å². The maximum atomic E-state index is 8.56. The van der Waals surface area contributed by atoms with Gasteiger partial charge < -0.3 is 15.5 Å². The summed E-state index contributed by atoms with van der Waals surface area (Å²) in [4.78, 5) is 0. The highest BCUT2D eigenvalue weighted by molar-refractivity contribution is 4.50. The van der Waals surface area contributed by atoms with E-state index in [-0.39, 0.29) is 0 Å². The van der Waals surface area contributed by atoms with Crippen LogP contribution in [0, 0.1) is 0 Å². The van der Waals surface area contributed by atoms with Crippen molar-refractivity contribution in [1.82, 2.24) is 5.32 Å². The van der Waals surface area contributed by atoms with Gasteiger partial charge in [-0.3, -0.25) is 0 Å². The van der Waals surface area contributed by atoms with Crippen molar-refractivity contribution in [2.24, 2.45) is 0 Å². The van der Waals surface area contributed by atoms with Gasteiger partial charge in [0.1, 0.15) is 0 Å². The largest absolute Gasteiger partial charge is 0.396 e. The van der Waals surface area contributed by atoms with Crippen LogP contribution in [0.3, 0.4) is 0 Å². The van der Waals surface area contributed by atoms with E-state index in [0.717, 1.165) is 38.8 Å². The van der Waals surface area contributed by atoms with E-state index < -0.39 is 0 Å². The summed E-state index contributed by atoms with van der Waals surface area (Å²) in [6, 6.07) is 0. The quantitative estimate of drug-likeness (QED) is 0.444. The minimum Gasteiger partial charge on any atom is -0.396 e. The molecule has 0 aliphatic heterocycles. The molecule has 3 heteroatoms. The van der Waals surface area contributed by atoms with Gasteiger partial charge in [0.25, 0.3) is 0 Å². The lowest BCUT2D eigenvalue weighted by molar-refractivity contribution is 0.281. The molecule has 0 aromatic carbocycles. The van der Waals surface area contributed by atoms with Crippen LogP contribution in [0.2, 0.25) is 0 Å². The number of nitrogens with one attached hydrogen (secondary N) is 1. The first-order valence-corrected chi connectivity index (χ1v) is 5.84. The number of aliphatic hydroxyl groups excluding tert-OH is 2. The zero-order valence-electron chi connectivity index (χ0n) is 9.17. The van der Waals surface area contributed by atoms with E-state index in [0.29, 0.717) is 13.2 Å². The molecule has 0 unspecified atom stereocenters. The second kappa shape index (κ2) is 12.9. The van der Waals surface area contributed by atoms with E-state index in [9.17, 15) is 0 Å². The summed E-state index contributed by atoms with van der Waals surface area (Å²) >= 11 is 0. The summed E-state index contributed by atoms with van der Waals surface area (Å²) in [5.41, 5.74) is 0. The molecule has 14 heavy (non-hydrogen) atoms. The van der Waals surface area contributed by atoms with Gasteiger partial charge in [-0.05, 0) is 38.8 Å². The third kappa shape index (κ3) is 11.9. The van der Waals surface area contributed by atoms with E-state index >= 15 is 0 Å². The standard InChI is InChI=1S/C11H25NO2/c13-10-6-3-1-2-4-8-12-9-5-7-11-14/h12-14H,1-11H2. The normalized spacial score (nSPS) is 10.7. The smallest absolute Gasteiger partial charge is 0.0431 e. The van der Waals surface area contributed by atoms with Gasteiger partial charge in [-0.2, -0.15) is 0 Å². The van der Waals surface area contributed by atoms with Crippen LogP contribution in [0.15, 0.2) is 0 Å². The van der Waals surface area contributed by atoms with E-state index in [1.54, 1.807) is 0 Å². The topological polar surface area (TPSA) is 52.5 Å². The molecule has 3 nitrogen and oxygen atoms in total. The monoisotopic (exact) mass is 203 g/mol. The highest BCUT2D eigenvalue weighted by Crippen LogP contribution is 2.01. The van der Waals surface area contributed by atoms with Crippen LogP contribution >= 0.6 is 0 Å². The molecule has 0 aromatic heterocycles. The minimum atomic E-state index is 0.308. The molecular weight excluding hydrogens is 178 g/mol. The molecule has 0 atom stereocenters. The number of hydrogen-bond donors (Lipinski definition) is 3. The Morgan fingerprint density at radius 1 is 0.571 bits per heavy atom. The molecule has 0 heterocycles. The van der Waals surface area contributed by atoms with Crippen LogP contribution in [0.1, 0.15) is 44.9 Å². The molecule has 0 bridgehead atoms. The molecule has 0 radical (unpaired) electrons. The van der Waals surface area contributed by atoms with Crippen molar-refractivity contribution >= 4 is 0 Å². The van der Waals surface area contributed by atoms with Crippen molar-refractivity contribution in [3.8, 4) is 0 Å². The number of unbranched alkanes of at least 4 members (excludes halogenated alkanes) is 5. The second-order valence-electron chi connectivity index (χ2n) is 3.67. The van der Waals surface area contributed by atoms with E-state index in [4.69, 9.17) is 10.2 Å². The molecule has 0 rings (SSSR count). The van der Waals surface area contributed by atoms with Crippen molar-refractivity contribution < 1.29 is 10.2 Å². The Morgan fingerprint density at radius 2 is 1.00 bits per heavy atom. The van der Waals surface area contributed by atoms with Crippen LogP contribution < -0.4 is 5.32 Å². The van der Waals surface area contributed by atoms with Crippen LogP contribution in [0.5, 0.6) is 0 Å². The summed E-state index contributed by atoms with van der Waals surface area (Å²) < 4.78 is 0. The SMILES string of the molecule is OCCCCCCCNCCCCO. The summed E-state index contributed by atoms with van der Waals surface area (Å²) in [6.07, 6.45) is 7.80. The lowest BCUT2D eigenvalue weighted by Gasteiger charge is -2.03. The predicted molar refractivity (Wildman–Crippen MR) is 59.4 cm³/mol. The highest BCUT2D eigenvalue weighted by atomic mass is 16.3. The molecule has 0 spiro atoms. The average Bonchev–Trinajstić information content (AvgIpc) is 2.21. The summed E-state index contributed by atoms with van der Waals surface area (Å²) in [6.45, 7) is 2.75.